The van der Waals surface area contributed by atoms with Crippen LogP contribution in [0.1, 0.15) is 41.4 Å². The highest BCUT2D eigenvalue weighted by atomic mass is 16.6. The van der Waals surface area contributed by atoms with E-state index in [4.69, 9.17) is 4.74 Å². The maximum atomic E-state index is 12.8. The van der Waals surface area contributed by atoms with Crippen molar-refractivity contribution in [3.63, 3.8) is 0 Å². The quantitative estimate of drug-likeness (QED) is 0.421. The number of nitro benzene ring substituents is 1. The van der Waals surface area contributed by atoms with E-state index in [1.165, 1.54) is 18.2 Å². The van der Waals surface area contributed by atoms with Gasteiger partial charge in [0.15, 0.2) is 0 Å². The minimum Gasteiger partial charge on any atom is -0.444 e. The fourth-order valence-electron chi connectivity index (χ4n) is 2.75. The zero-order valence-electron chi connectivity index (χ0n) is 15.5. The summed E-state index contributed by atoms with van der Waals surface area (Å²) in [6.45, 7) is 6.24. The van der Waals surface area contributed by atoms with Gasteiger partial charge in [0.05, 0.1) is 10.5 Å². The summed E-state index contributed by atoms with van der Waals surface area (Å²) in [5.41, 5.74) is 0.999. The Kier molecular flexibility index (Phi) is 6.65. The SMILES string of the molecule is CCN(CC)C(=O)[C@@H](OC(=O)c1ccc([N+](=O)[O-])c(C)c1)c1ccccc1. The van der Waals surface area contributed by atoms with E-state index in [0.29, 0.717) is 24.2 Å². The molecule has 0 aliphatic heterocycles. The number of carbonyl (C=O) groups excluding carboxylic acids is 2. The molecule has 0 saturated heterocycles. The maximum Gasteiger partial charge on any atom is 0.339 e. The number of amides is 1. The molecular formula is C20H22N2O5. The van der Waals surface area contributed by atoms with Crippen molar-refractivity contribution in [3.8, 4) is 0 Å². The van der Waals surface area contributed by atoms with Crippen molar-refractivity contribution in [1.82, 2.24) is 4.90 Å². The Balaban J connectivity index is 2.32. The molecule has 0 N–H and O–H groups in total. The summed E-state index contributed by atoms with van der Waals surface area (Å²) < 4.78 is 5.52. The van der Waals surface area contributed by atoms with E-state index in [9.17, 15) is 19.7 Å². The summed E-state index contributed by atoms with van der Waals surface area (Å²) in [7, 11) is 0. The number of aryl methyl sites for hydroxylation is 1. The van der Waals surface area contributed by atoms with Crippen LogP contribution in [0, 0.1) is 17.0 Å². The molecule has 0 aliphatic rings. The second-order valence-electron chi connectivity index (χ2n) is 5.96. The lowest BCUT2D eigenvalue weighted by molar-refractivity contribution is -0.385. The number of nitro groups is 1. The van der Waals surface area contributed by atoms with Crippen LogP contribution in [0.15, 0.2) is 48.5 Å². The van der Waals surface area contributed by atoms with Crippen LogP contribution in [0.5, 0.6) is 0 Å². The molecule has 0 aliphatic carbocycles. The number of hydrogen-bond acceptors (Lipinski definition) is 5. The summed E-state index contributed by atoms with van der Waals surface area (Å²) in [5.74, 6) is -1.01. The number of ether oxygens (including phenoxy) is 1. The minimum atomic E-state index is -1.07. The van der Waals surface area contributed by atoms with Crippen molar-refractivity contribution in [1.29, 1.82) is 0 Å². The van der Waals surface area contributed by atoms with Crippen molar-refractivity contribution in [2.75, 3.05) is 13.1 Å². The van der Waals surface area contributed by atoms with E-state index in [0.717, 1.165) is 0 Å². The van der Waals surface area contributed by atoms with Gasteiger partial charge in [0.25, 0.3) is 11.6 Å². The van der Waals surface area contributed by atoms with Crippen molar-refractivity contribution in [2.45, 2.75) is 26.9 Å². The van der Waals surface area contributed by atoms with E-state index in [1.807, 2.05) is 19.9 Å². The molecule has 142 valence electrons. The number of carbonyl (C=O) groups is 2. The first kappa shape index (κ1) is 20.1. The third-order valence-electron chi connectivity index (χ3n) is 4.26. The predicted octanol–water partition coefficient (Wildman–Crippen LogP) is 3.67. The number of rotatable bonds is 7. The normalized spacial score (nSPS) is 11.5. The highest BCUT2D eigenvalue weighted by molar-refractivity contribution is 5.93. The monoisotopic (exact) mass is 370 g/mol. The molecule has 1 atom stereocenters. The molecule has 2 aromatic rings. The third-order valence-corrected chi connectivity index (χ3v) is 4.26. The fourth-order valence-corrected chi connectivity index (χ4v) is 2.75. The third kappa shape index (κ3) is 4.69. The predicted molar refractivity (Wildman–Crippen MR) is 100 cm³/mol. The summed E-state index contributed by atoms with van der Waals surface area (Å²) >= 11 is 0. The fraction of sp³-hybridized carbons (Fsp3) is 0.300. The molecule has 0 aromatic heterocycles. The second-order valence-corrected chi connectivity index (χ2v) is 5.96. The second kappa shape index (κ2) is 8.93. The molecule has 1 amide bonds. The molecule has 2 rings (SSSR count). The maximum absolute atomic E-state index is 12.8. The number of hydrogen-bond donors (Lipinski definition) is 0. The van der Waals surface area contributed by atoms with Crippen LogP contribution < -0.4 is 0 Å². The Bertz CT molecular complexity index is 832. The smallest absolute Gasteiger partial charge is 0.339 e. The van der Waals surface area contributed by atoms with Gasteiger partial charge < -0.3 is 9.64 Å². The zero-order valence-corrected chi connectivity index (χ0v) is 15.5. The lowest BCUT2D eigenvalue weighted by atomic mass is 10.1. The topological polar surface area (TPSA) is 89.8 Å². The van der Waals surface area contributed by atoms with Crippen LogP contribution >= 0.6 is 0 Å². The molecule has 0 heterocycles. The molecule has 0 unspecified atom stereocenters. The highest BCUT2D eigenvalue weighted by Crippen LogP contribution is 2.24. The van der Waals surface area contributed by atoms with E-state index in [1.54, 1.807) is 36.1 Å². The summed E-state index contributed by atoms with van der Waals surface area (Å²) in [5, 5.41) is 10.9. The first-order chi connectivity index (χ1) is 12.9. The van der Waals surface area contributed by atoms with Gasteiger partial charge in [-0.25, -0.2) is 4.79 Å². The molecule has 0 saturated carbocycles. The average Bonchev–Trinajstić information content (AvgIpc) is 2.67. The Morgan fingerprint density at radius 2 is 1.74 bits per heavy atom. The molecular weight excluding hydrogens is 348 g/mol. The summed E-state index contributed by atoms with van der Waals surface area (Å²) in [4.78, 5) is 37.5. The number of nitrogens with zero attached hydrogens (tertiary/aromatic N) is 2. The van der Waals surface area contributed by atoms with Crippen molar-refractivity contribution < 1.29 is 19.2 Å². The van der Waals surface area contributed by atoms with E-state index < -0.39 is 17.0 Å². The minimum absolute atomic E-state index is 0.0784. The van der Waals surface area contributed by atoms with Gasteiger partial charge >= 0.3 is 5.97 Å². The van der Waals surface area contributed by atoms with Crippen LogP contribution in [-0.2, 0) is 9.53 Å². The number of benzene rings is 2. The Labute approximate surface area is 157 Å². The number of esters is 1. The molecule has 2 aromatic carbocycles. The van der Waals surface area contributed by atoms with Crippen LogP contribution in [0.25, 0.3) is 0 Å². The van der Waals surface area contributed by atoms with Crippen molar-refractivity contribution >= 4 is 17.6 Å². The summed E-state index contributed by atoms with van der Waals surface area (Å²) in [6, 6.07) is 12.8. The van der Waals surface area contributed by atoms with Crippen LogP contribution in [-0.4, -0.2) is 34.8 Å². The van der Waals surface area contributed by atoms with E-state index in [-0.39, 0.29) is 17.2 Å². The van der Waals surface area contributed by atoms with Gasteiger partial charge in [-0.2, -0.15) is 0 Å². The van der Waals surface area contributed by atoms with Crippen LogP contribution in [0.4, 0.5) is 5.69 Å². The van der Waals surface area contributed by atoms with Gasteiger partial charge in [-0.3, -0.25) is 14.9 Å². The van der Waals surface area contributed by atoms with Gasteiger partial charge in [0, 0.05) is 30.3 Å². The largest absolute Gasteiger partial charge is 0.444 e. The van der Waals surface area contributed by atoms with Crippen molar-refractivity contribution in [2.24, 2.45) is 0 Å². The van der Waals surface area contributed by atoms with Crippen LogP contribution in [0.2, 0.25) is 0 Å². The first-order valence-corrected chi connectivity index (χ1v) is 8.68. The zero-order chi connectivity index (χ0) is 20.0. The Hall–Kier alpha value is -3.22. The van der Waals surface area contributed by atoms with Gasteiger partial charge in [0.1, 0.15) is 0 Å². The molecule has 0 spiro atoms. The lowest BCUT2D eigenvalue weighted by Crippen LogP contribution is -2.36. The Morgan fingerprint density at radius 3 is 2.26 bits per heavy atom. The summed E-state index contributed by atoms with van der Waals surface area (Å²) in [6.07, 6.45) is -1.07. The van der Waals surface area contributed by atoms with Gasteiger partial charge in [0.2, 0.25) is 6.10 Å². The van der Waals surface area contributed by atoms with Crippen LogP contribution in [0.3, 0.4) is 0 Å². The molecule has 7 nitrogen and oxygen atoms in total. The van der Waals surface area contributed by atoms with Gasteiger partial charge in [-0.05, 0) is 32.9 Å². The first-order valence-electron chi connectivity index (χ1n) is 8.68. The van der Waals surface area contributed by atoms with Gasteiger partial charge in [-0.15, -0.1) is 0 Å². The number of likely N-dealkylation sites (N-methyl/N-ethyl adjacent to an activating group) is 1. The molecule has 27 heavy (non-hydrogen) atoms. The van der Waals surface area contributed by atoms with Crippen molar-refractivity contribution in [3.05, 3.63) is 75.3 Å². The van der Waals surface area contributed by atoms with E-state index >= 15 is 0 Å². The molecule has 7 heteroatoms. The van der Waals surface area contributed by atoms with Gasteiger partial charge in [-0.1, -0.05) is 30.3 Å². The molecule has 0 bridgehead atoms. The average molecular weight is 370 g/mol. The molecule has 0 radical (unpaired) electrons. The molecule has 0 fully saturated rings. The Morgan fingerprint density at radius 1 is 1.11 bits per heavy atom. The highest BCUT2D eigenvalue weighted by Gasteiger charge is 2.29. The van der Waals surface area contributed by atoms with E-state index in [2.05, 4.69) is 0 Å². The lowest BCUT2D eigenvalue weighted by Gasteiger charge is -2.25. The standard InChI is InChI=1S/C20H22N2O5/c1-4-21(5-2)19(23)18(15-9-7-6-8-10-15)27-20(24)16-11-12-17(22(25)26)14(3)13-16/h6-13,18H,4-5H2,1-3H3/t18-/m0/s1.